The maximum atomic E-state index is 11.6. The summed E-state index contributed by atoms with van der Waals surface area (Å²) in [4.78, 5) is 24.2. The second-order valence-electron chi connectivity index (χ2n) is 4.62. The Labute approximate surface area is 101 Å². The molecule has 1 fully saturated rings. The summed E-state index contributed by atoms with van der Waals surface area (Å²) < 4.78 is 4.91. The van der Waals surface area contributed by atoms with E-state index in [0.717, 1.165) is 0 Å². The van der Waals surface area contributed by atoms with Crippen LogP contribution in [0.3, 0.4) is 0 Å². The molecule has 1 heterocycles. The lowest BCUT2D eigenvalue weighted by Crippen LogP contribution is -2.30. The highest BCUT2D eigenvalue weighted by molar-refractivity contribution is 5.74. The second-order valence-corrected chi connectivity index (χ2v) is 4.62. The quantitative estimate of drug-likeness (QED) is 0.759. The van der Waals surface area contributed by atoms with E-state index in [1.165, 1.54) is 11.0 Å². The van der Waals surface area contributed by atoms with Crippen molar-refractivity contribution in [2.75, 3.05) is 19.7 Å². The van der Waals surface area contributed by atoms with Crippen LogP contribution < -0.4 is 0 Å². The van der Waals surface area contributed by atoms with Gasteiger partial charge in [-0.3, -0.25) is 4.79 Å². The van der Waals surface area contributed by atoms with E-state index >= 15 is 0 Å². The molecule has 0 bridgehead atoms. The largest absolute Gasteiger partial charge is 0.481 e. The monoisotopic (exact) mass is 241 g/mol. The lowest BCUT2D eigenvalue weighted by atomic mass is 9.86. The number of rotatable bonds is 4. The van der Waals surface area contributed by atoms with Gasteiger partial charge in [-0.2, -0.15) is 0 Å². The van der Waals surface area contributed by atoms with Crippen molar-refractivity contribution in [1.29, 1.82) is 0 Å². The molecule has 0 spiro atoms. The van der Waals surface area contributed by atoms with Crippen molar-refractivity contribution in [3.8, 4) is 0 Å². The highest BCUT2D eigenvalue weighted by Crippen LogP contribution is 2.30. The predicted molar refractivity (Wildman–Crippen MR) is 62.6 cm³/mol. The third kappa shape index (κ3) is 3.22. The third-order valence-electron chi connectivity index (χ3n) is 3.12. The molecule has 5 nitrogen and oxygen atoms in total. The standard InChI is InChI=1S/C12H19NO4/c1-4-5-17-12(16)13-6-9(8(2)3)10(7-13)11(14)15/h4,8-10H,1,5-7H2,2-3H3,(H,14,15)/t9-,10+/m0/s1. The molecule has 0 aromatic rings. The Hall–Kier alpha value is -1.52. The van der Waals surface area contributed by atoms with Gasteiger partial charge in [0, 0.05) is 13.1 Å². The van der Waals surface area contributed by atoms with Crippen molar-refractivity contribution in [3.05, 3.63) is 12.7 Å². The van der Waals surface area contributed by atoms with Crippen molar-refractivity contribution in [3.63, 3.8) is 0 Å². The van der Waals surface area contributed by atoms with Gasteiger partial charge in [0.15, 0.2) is 0 Å². The van der Waals surface area contributed by atoms with E-state index in [9.17, 15) is 9.59 Å². The SMILES string of the molecule is C=CCOC(=O)N1C[C@@H](C(=O)O)[C@H](C(C)C)C1. The van der Waals surface area contributed by atoms with Gasteiger partial charge in [-0.1, -0.05) is 26.5 Å². The van der Waals surface area contributed by atoms with E-state index < -0.39 is 18.0 Å². The van der Waals surface area contributed by atoms with Crippen LogP contribution in [0.25, 0.3) is 0 Å². The number of carbonyl (C=O) groups is 2. The van der Waals surface area contributed by atoms with Crippen LogP contribution in [0.2, 0.25) is 0 Å². The Morgan fingerprint density at radius 2 is 2.18 bits per heavy atom. The van der Waals surface area contributed by atoms with E-state index in [1.54, 1.807) is 0 Å². The number of carboxylic acids is 1. The van der Waals surface area contributed by atoms with Gasteiger partial charge in [-0.25, -0.2) is 4.79 Å². The number of amides is 1. The number of carboxylic acid groups (broad SMARTS) is 1. The zero-order chi connectivity index (χ0) is 13.0. The van der Waals surface area contributed by atoms with Gasteiger partial charge < -0.3 is 14.7 Å². The number of ether oxygens (including phenoxy) is 1. The fourth-order valence-electron chi connectivity index (χ4n) is 2.14. The van der Waals surface area contributed by atoms with Crippen LogP contribution in [0, 0.1) is 17.8 Å². The molecule has 1 rings (SSSR count). The molecule has 0 aliphatic carbocycles. The zero-order valence-electron chi connectivity index (χ0n) is 10.3. The van der Waals surface area contributed by atoms with Crippen molar-refractivity contribution < 1.29 is 19.4 Å². The molecule has 1 saturated heterocycles. The smallest absolute Gasteiger partial charge is 0.410 e. The van der Waals surface area contributed by atoms with Gasteiger partial charge in [0.05, 0.1) is 5.92 Å². The number of hydrogen-bond donors (Lipinski definition) is 1. The average molecular weight is 241 g/mol. The molecule has 0 aromatic heterocycles. The average Bonchev–Trinajstić information content (AvgIpc) is 2.70. The summed E-state index contributed by atoms with van der Waals surface area (Å²) in [5.41, 5.74) is 0. The van der Waals surface area contributed by atoms with E-state index in [4.69, 9.17) is 9.84 Å². The first-order valence-corrected chi connectivity index (χ1v) is 5.72. The minimum Gasteiger partial charge on any atom is -0.481 e. The first kappa shape index (κ1) is 13.5. The van der Waals surface area contributed by atoms with E-state index in [1.807, 2.05) is 13.8 Å². The van der Waals surface area contributed by atoms with E-state index in [0.29, 0.717) is 6.54 Å². The second kappa shape index (κ2) is 5.70. The molecule has 1 aliphatic heterocycles. The summed E-state index contributed by atoms with van der Waals surface area (Å²) in [5.74, 6) is -1.12. The first-order valence-electron chi connectivity index (χ1n) is 5.72. The molecule has 96 valence electrons. The van der Waals surface area contributed by atoms with Crippen LogP contribution in [0.1, 0.15) is 13.8 Å². The minimum atomic E-state index is -0.845. The molecule has 2 atom stereocenters. The van der Waals surface area contributed by atoms with Crippen LogP contribution >= 0.6 is 0 Å². The minimum absolute atomic E-state index is 0.0104. The molecule has 0 aromatic carbocycles. The normalized spacial score (nSPS) is 23.8. The summed E-state index contributed by atoms with van der Waals surface area (Å²) in [7, 11) is 0. The Bertz CT molecular complexity index is 314. The predicted octanol–water partition coefficient (Wildman–Crippen LogP) is 1.60. The first-order chi connectivity index (χ1) is 7.97. The highest BCUT2D eigenvalue weighted by atomic mass is 16.6. The molecular weight excluding hydrogens is 222 g/mol. The summed E-state index contributed by atoms with van der Waals surface area (Å²) in [6.45, 7) is 8.23. The number of nitrogens with zero attached hydrogens (tertiary/aromatic N) is 1. The van der Waals surface area contributed by atoms with Crippen LogP contribution in [0.5, 0.6) is 0 Å². The molecule has 17 heavy (non-hydrogen) atoms. The summed E-state index contributed by atoms with van der Waals surface area (Å²) in [6.07, 6.45) is 1.03. The molecular formula is C12H19NO4. The van der Waals surface area contributed by atoms with Gasteiger partial charge >= 0.3 is 12.1 Å². The van der Waals surface area contributed by atoms with E-state index in [2.05, 4.69) is 6.58 Å². The Kier molecular flexibility index (Phi) is 4.54. The Morgan fingerprint density at radius 3 is 2.59 bits per heavy atom. The fraction of sp³-hybridized carbons (Fsp3) is 0.667. The van der Waals surface area contributed by atoms with E-state index in [-0.39, 0.29) is 25.0 Å². The molecule has 0 radical (unpaired) electrons. The van der Waals surface area contributed by atoms with Gasteiger partial charge in [-0.15, -0.1) is 0 Å². The fourth-order valence-corrected chi connectivity index (χ4v) is 2.14. The van der Waals surface area contributed by atoms with Crippen molar-refractivity contribution >= 4 is 12.1 Å². The lowest BCUT2D eigenvalue weighted by molar-refractivity contribution is -0.142. The number of aliphatic carboxylic acids is 1. The van der Waals surface area contributed by atoms with Crippen LogP contribution in [0.4, 0.5) is 4.79 Å². The molecule has 1 amide bonds. The van der Waals surface area contributed by atoms with Gasteiger partial charge in [0.2, 0.25) is 0 Å². The molecule has 1 N–H and O–H groups in total. The van der Waals surface area contributed by atoms with Crippen molar-refractivity contribution in [2.45, 2.75) is 13.8 Å². The third-order valence-corrected chi connectivity index (χ3v) is 3.12. The molecule has 1 aliphatic rings. The van der Waals surface area contributed by atoms with Gasteiger partial charge in [-0.05, 0) is 11.8 Å². The van der Waals surface area contributed by atoms with Crippen molar-refractivity contribution in [2.24, 2.45) is 17.8 Å². The van der Waals surface area contributed by atoms with Crippen LogP contribution in [-0.4, -0.2) is 41.8 Å². The molecule has 0 unspecified atom stereocenters. The number of likely N-dealkylation sites (tertiary alicyclic amines) is 1. The topological polar surface area (TPSA) is 66.8 Å². The Morgan fingerprint density at radius 1 is 1.53 bits per heavy atom. The van der Waals surface area contributed by atoms with Crippen LogP contribution in [-0.2, 0) is 9.53 Å². The maximum absolute atomic E-state index is 11.6. The van der Waals surface area contributed by atoms with Crippen molar-refractivity contribution in [1.82, 2.24) is 4.90 Å². The number of carbonyl (C=O) groups excluding carboxylic acids is 1. The maximum Gasteiger partial charge on any atom is 0.410 e. The molecule has 0 saturated carbocycles. The zero-order valence-corrected chi connectivity index (χ0v) is 10.3. The number of hydrogen-bond acceptors (Lipinski definition) is 3. The van der Waals surface area contributed by atoms with Crippen LogP contribution in [0.15, 0.2) is 12.7 Å². The summed E-state index contributed by atoms with van der Waals surface area (Å²) in [6, 6.07) is 0. The van der Waals surface area contributed by atoms with Gasteiger partial charge in [0.25, 0.3) is 0 Å². The lowest BCUT2D eigenvalue weighted by Gasteiger charge is -2.18. The van der Waals surface area contributed by atoms with Gasteiger partial charge in [0.1, 0.15) is 6.61 Å². The summed E-state index contributed by atoms with van der Waals surface area (Å²) >= 11 is 0. The highest BCUT2D eigenvalue weighted by Gasteiger charge is 2.41. The Balaban J connectivity index is 2.65. The summed E-state index contributed by atoms with van der Waals surface area (Å²) in [5, 5.41) is 9.11. The molecule has 5 heteroatoms.